The zero-order valence-electron chi connectivity index (χ0n) is 15.0. The minimum atomic E-state index is -0.186. The quantitative estimate of drug-likeness (QED) is 0.500. The van der Waals surface area contributed by atoms with Crippen molar-refractivity contribution in [2.45, 2.75) is 25.5 Å². The molecule has 0 fully saturated rings. The van der Waals surface area contributed by atoms with E-state index in [1.54, 1.807) is 47.2 Å². The molecule has 0 aliphatic carbocycles. The summed E-state index contributed by atoms with van der Waals surface area (Å²) in [5, 5.41) is 4.38. The number of pyridine rings is 1. The summed E-state index contributed by atoms with van der Waals surface area (Å²) in [6.07, 6.45) is 1.60. The SMILES string of the molecule is CC(C)Cn1c(SCC(=O)Nc2ccc(Cl)cc2)nc2ncccc2c1=O. The molecule has 2 heterocycles. The van der Waals surface area contributed by atoms with E-state index in [1.807, 2.05) is 13.8 Å². The van der Waals surface area contributed by atoms with Gasteiger partial charge < -0.3 is 5.32 Å². The first-order chi connectivity index (χ1) is 12.9. The van der Waals surface area contributed by atoms with Crippen molar-refractivity contribution in [1.82, 2.24) is 14.5 Å². The Morgan fingerprint density at radius 3 is 2.70 bits per heavy atom. The minimum Gasteiger partial charge on any atom is -0.325 e. The molecule has 0 radical (unpaired) electrons. The Bertz CT molecular complexity index is 1020. The monoisotopic (exact) mass is 402 g/mol. The van der Waals surface area contributed by atoms with Crippen LogP contribution in [0.25, 0.3) is 11.0 Å². The third kappa shape index (κ3) is 4.87. The molecule has 3 aromatic rings. The van der Waals surface area contributed by atoms with Crippen LogP contribution in [0.3, 0.4) is 0 Å². The van der Waals surface area contributed by atoms with Crippen LogP contribution in [0.2, 0.25) is 5.02 Å². The number of hydrogen-bond acceptors (Lipinski definition) is 5. The lowest BCUT2D eigenvalue weighted by Crippen LogP contribution is -2.26. The highest BCUT2D eigenvalue weighted by molar-refractivity contribution is 7.99. The van der Waals surface area contributed by atoms with E-state index in [1.165, 1.54) is 11.8 Å². The minimum absolute atomic E-state index is 0.130. The number of fused-ring (bicyclic) bond motifs is 1. The van der Waals surface area contributed by atoms with Gasteiger partial charge in [-0.3, -0.25) is 14.2 Å². The standard InChI is InChI=1S/C19H19ClN4O2S/c1-12(2)10-24-18(26)15-4-3-9-21-17(15)23-19(24)27-11-16(25)22-14-7-5-13(20)6-8-14/h3-9,12H,10-11H2,1-2H3,(H,22,25). The van der Waals surface area contributed by atoms with Crippen molar-refractivity contribution in [2.24, 2.45) is 5.92 Å². The van der Waals surface area contributed by atoms with Gasteiger partial charge in [0.1, 0.15) is 0 Å². The maximum absolute atomic E-state index is 12.8. The molecule has 0 spiro atoms. The van der Waals surface area contributed by atoms with E-state index in [-0.39, 0.29) is 23.1 Å². The van der Waals surface area contributed by atoms with Crippen LogP contribution < -0.4 is 10.9 Å². The predicted molar refractivity (Wildman–Crippen MR) is 109 cm³/mol. The van der Waals surface area contributed by atoms with Gasteiger partial charge in [-0.2, -0.15) is 0 Å². The smallest absolute Gasteiger partial charge is 0.263 e. The summed E-state index contributed by atoms with van der Waals surface area (Å²) in [5.41, 5.74) is 0.920. The van der Waals surface area contributed by atoms with Gasteiger partial charge >= 0.3 is 0 Å². The normalized spacial score (nSPS) is 11.1. The number of nitrogens with one attached hydrogen (secondary N) is 1. The van der Waals surface area contributed by atoms with Gasteiger partial charge in [0.25, 0.3) is 5.56 Å². The largest absolute Gasteiger partial charge is 0.325 e. The second kappa shape index (κ2) is 8.54. The number of halogens is 1. The first-order valence-electron chi connectivity index (χ1n) is 8.48. The second-order valence-electron chi connectivity index (χ2n) is 6.42. The zero-order chi connectivity index (χ0) is 19.4. The fraction of sp³-hybridized carbons (Fsp3) is 0.263. The van der Waals surface area contributed by atoms with Crippen LogP contribution in [0.1, 0.15) is 13.8 Å². The van der Waals surface area contributed by atoms with Crippen LogP contribution in [0.5, 0.6) is 0 Å². The summed E-state index contributed by atoms with van der Waals surface area (Å²) in [6, 6.07) is 10.3. The van der Waals surface area contributed by atoms with E-state index >= 15 is 0 Å². The highest BCUT2D eigenvalue weighted by atomic mass is 35.5. The molecule has 1 aromatic carbocycles. The fourth-order valence-corrected chi connectivity index (χ4v) is 3.46. The van der Waals surface area contributed by atoms with Crippen molar-refractivity contribution in [3.63, 3.8) is 0 Å². The predicted octanol–water partition coefficient (Wildman–Crippen LogP) is 3.83. The number of carbonyl (C=O) groups excluding carboxylic acids is 1. The van der Waals surface area contributed by atoms with Gasteiger partial charge in [-0.05, 0) is 42.3 Å². The third-order valence-corrected chi connectivity index (χ3v) is 4.93. The molecule has 3 rings (SSSR count). The van der Waals surface area contributed by atoms with Crippen LogP contribution in [0.15, 0.2) is 52.5 Å². The van der Waals surface area contributed by atoms with Gasteiger partial charge in [0.2, 0.25) is 5.91 Å². The Hall–Kier alpha value is -2.38. The Morgan fingerprint density at radius 2 is 2.00 bits per heavy atom. The maximum Gasteiger partial charge on any atom is 0.263 e. The van der Waals surface area contributed by atoms with Gasteiger partial charge in [0.15, 0.2) is 10.8 Å². The fourth-order valence-electron chi connectivity index (χ4n) is 2.53. The third-order valence-electron chi connectivity index (χ3n) is 3.70. The summed E-state index contributed by atoms with van der Waals surface area (Å²) in [7, 11) is 0. The summed E-state index contributed by atoms with van der Waals surface area (Å²) in [6.45, 7) is 4.58. The number of benzene rings is 1. The first kappa shape index (κ1) is 19.4. The average molecular weight is 403 g/mol. The highest BCUT2D eigenvalue weighted by Gasteiger charge is 2.15. The zero-order valence-corrected chi connectivity index (χ0v) is 16.5. The molecule has 0 bridgehead atoms. The average Bonchev–Trinajstić information content (AvgIpc) is 2.64. The van der Waals surface area contributed by atoms with Crippen molar-refractivity contribution in [3.8, 4) is 0 Å². The Morgan fingerprint density at radius 1 is 1.26 bits per heavy atom. The lowest BCUT2D eigenvalue weighted by molar-refractivity contribution is -0.113. The molecule has 0 saturated carbocycles. The van der Waals surface area contributed by atoms with Crippen molar-refractivity contribution >= 4 is 46.0 Å². The summed E-state index contributed by atoms with van der Waals surface area (Å²) in [4.78, 5) is 33.7. The molecule has 27 heavy (non-hydrogen) atoms. The molecule has 0 saturated heterocycles. The number of nitrogens with zero attached hydrogens (tertiary/aromatic N) is 3. The number of rotatable bonds is 6. The Kier molecular flexibility index (Phi) is 6.13. The van der Waals surface area contributed by atoms with Crippen molar-refractivity contribution in [1.29, 1.82) is 0 Å². The van der Waals surface area contributed by atoms with E-state index in [2.05, 4.69) is 15.3 Å². The molecule has 0 aliphatic rings. The van der Waals surface area contributed by atoms with Crippen LogP contribution in [-0.2, 0) is 11.3 Å². The Balaban J connectivity index is 1.81. The molecule has 8 heteroatoms. The maximum atomic E-state index is 12.8. The van der Waals surface area contributed by atoms with Crippen LogP contribution in [-0.4, -0.2) is 26.2 Å². The number of carbonyl (C=O) groups is 1. The number of aromatic nitrogens is 3. The molecule has 0 unspecified atom stereocenters. The Labute approximate surface area is 166 Å². The molecular formula is C19H19ClN4O2S. The second-order valence-corrected chi connectivity index (χ2v) is 7.80. The van der Waals surface area contributed by atoms with Gasteiger partial charge in [0, 0.05) is 23.5 Å². The molecule has 0 atom stereocenters. The van der Waals surface area contributed by atoms with Crippen LogP contribution >= 0.6 is 23.4 Å². The van der Waals surface area contributed by atoms with Crippen molar-refractivity contribution < 1.29 is 4.79 Å². The van der Waals surface area contributed by atoms with Crippen molar-refractivity contribution in [2.75, 3.05) is 11.1 Å². The number of thioether (sulfide) groups is 1. The van der Waals surface area contributed by atoms with Gasteiger partial charge in [-0.1, -0.05) is 37.2 Å². The van der Waals surface area contributed by atoms with Crippen LogP contribution in [0, 0.1) is 5.92 Å². The highest BCUT2D eigenvalue weighted by Crippen LogP contribution is 2.19. The van der Waals surface area contributed by atoms with Crippen molar-refractivity contribution in [3.05, 3.63) is 58.0 Å². The summed E-state index contributed by atoms with van der Waals surface area (Å²) < 4.78 is 1.62. The topological polar surface area (TPSA) is 76.9 Å². The first-order valence-corrected chi connectivity index (χ1v) is 9.84. The molecule has 1 amide bonds. The molecule has 0 aliphatic heterocycles. The van der Waals surface area contributed by atoms with Crippen LogP contribution in [0.4, 0.5) is 5.69 Å². The number of hydrogen-bond donors (Lipinski definition) is 1. The van der Waals surface area contributed by atoms with E-state index in [4.69, 9.17) is 11.6 Å². The molecule has 6 nitrogen and oxygen atoms in total. The molecule has 1 N–H and O–H groups in total. The van der Waals surface area contributed by atoms with Gasteiger partial charge in [0.05, 0.1) is 11.1 Å². The van der Waals surface area contributed by atoms with E-state index in [0.717, 1.165) is 0 Å². The molecular weight excluding hydrogens is 384 g/mol. The van der Waals surface area contributed by atoms with E-state index in [0.29, 0.717) is 33.4 Å². The molecule has 2 aromatic heterocycles. The lowest BCUT2D eigenvalue weighted by Gasteiger charge is -2.14. The van der Waals surface area contributed by atoms with E-state index < -0.39 is 0 Å². The number of anilines is 1. The summed E-state index contributed by atoms with van der Waals surface area (Å²) >= 11 is 7.07. The number of amides is 1. The van der Waals surface area contributed by atoms with Gasteiger partial charge in [-0.15, -0.1) is 0 Å². The molecule has 140 valence electrons. The summed E-state index contributed by atoms with van der Waals surface area (Å²) in [5.74, 6) is 0.209. The lowest BCUT2D eigenvalue weighted by atomic mass is 10.2. The van der Waals surface area contributed by atoms with Gasteiger partial charge in [-0.25, -0.2) is 9.97 Å². The van der Waals surface area contributed by atoms with E-state index in [9.17, 15) is 9.59 Å².